The number of anilines is 9. The van der Waals surface area contributed by atoms with Crippen LogP contribution < -0.4 is 31.1 Å². The van der Waals surface area contributed by atoms with E-state index in [4.69, 9.17) is 0 Å². The number of nitrogens with zero attached hydrogens (tertiary/aromatic N) is 5. The third kappa shape index (κ3) is 11.3. The van der Waals surface area contributed by atoms with E-state index in [-0.39, 0.29) is 6.71 Å². The number of aromatic nitrogens is 2. The Morgan fingerprint density at radius 1 is 0.179 bits per heavy atom. The molecule has 524 valence electrons. The second-order valence-corrected chi connectivity index (χ2v) is 29.1. The Morgan fingerprint density at radius 2 is 0.411 bits per heavy atom. The van der Waals surface area contributed by atoms with Crippen molar-refractivity contribution in [3.8, 4) is 101 Å². The molecule has 0 bridgehead atoms. The van der Waals surface area contributed by atoms with Crippen molar-refractivity contribution in [3.63, 3.8) is 0 Å². The number of hydrogen-bond acceptors (Lipinski definition) is 3. The standard InChI is InChI=1S/C106H72BN5/c1-9-29-73(30-10-1)77-49-57-85(58-50-77)108(86-59-51-78(52-60-86)74-31-11-2-12-32-74)91-71-100-102-101(72-91)110(88-63-55-80(56-64-88)76-35-15-4-16-36-76)99-70-90(112-105(83-41-21-7-22-42-83)94-47-27-28-48-95(94)106(112)84-43-23-8-24-44-84)66-68-97(99)107(102)96-67-65-89(69-98(96)109(100)87-61-53-79(54-62-87)75-33-13-3-14-34-75)111-103(81-37-17-5-18-38-81)92-45-25-26-46-93(92)104(111)82-39-19-6-20-40-82/h1-72H. The molecule has 2 aromatic heterocycles. The first-order chi connectivity index (χ1) is 55.6. The third-order valence-corrected chi connectivity index (χ3v) is 22.7. The molecule has 0 saturated carbocycles. The fourth-order valence-corrected chi connectivity index (χ4v) is 17.6. The molecule has 0 saturated heterocycles. The van der Waals surface area contributed by atoms with Crippen LogP contribution in [0.3, 0.4) is 0 Å². The zero-order valence-electron chi connectivity index (χ0n) is 61.4. The van der Waals surface area contributed by atoms with E-state index in [1.54, 1.807) is 0 Å². The van der Waals surface area contributed by atoms with Crippen LogP contribution in [0.5, 0.6) is 0 Å². The Morgan fingerprint density at radius 3 is 0.688 bits per heavy atom. The van der Waals surface area contributed by atoms with Crippen molar-refractivity contribution in [2.24, 2.45) is 0 Å². The zero-order valence-corrected chi connectivity index (χ0v) is 61.4. The monoisotopic (exact) mass is 1430 g/mol. The number of fused-ring (bicyclic) bond motifs is 6. The number of rotatable bonds is 15. The van der Waals surface area contributed by atoms with Crippen molar-refractivity contribution in [1.29, 1.82) is 0 Å². The molecule has 17 aromatic carbocycles. The van der Waals surface area contributed by atoms with E-state index in [1.807, 2.05) is 0 Å². The van der Waals surface area contributed by atoms with Crippen LogP contribution in [0.25, 0.3) is 122 Å². The minimum Gasteiger partial charge on any atom is -0.311 e. The molecule has 4 heterocycles. The summed E-state index contributed by atoms with van der Waals surface area (Å²) in [5.41, 5.74) is 33.4. The average molecular weight is 1430 g/mol. The van der Waals surface area contributed by atoms with Gasteiger partial charge in [0.05, 0.1) is 28.5 Å². The second kappa shape index (κ2) is 27.8. The Labute approximate surface area is 653 Å². The molecule has 0 fully saturated rings. The highest BCUT2D eigenvalue weighted by Crippen LogP contribution is 2.52. The largest absolute Gasteiger partial charge is 0.311 e. The zero-order chi connectivity index (χ0) is 74.0. The first kappa shape index (κ1) is 65.6. The van der Waals surface area contributed by atoms with E-state index in [2.05, 4.69) is 461 Å². The number of hydrogen-bond donors (Lipinski definition) is 0. The predicted octanol–water partition coefficient (Wildman–Crippen LogP) is 26.5. The molecule has 0 amide bonds. The second-order valence-electron chi connectivity index (χ2n) is 29.1. The van der Waals surface area contributed by atoms with Gasteiger partial charge >= 0.3 is 0 Å². The maximum atomic E-state index is 2.59. The lowest BCUT2D eigenvalue weighted by atomic mass is 9.33. The van der Waals surface area contributed by atoms with Gasteiger partial charge in [0.2, 0.25) is 0 Å². The highest BCUT2D eigenvalue weighted by atomic mass is 15.2. The van der Waals surface area contributed by atoms with Gasteiger partial charge in [0.25, 0.3) is 6.71 Å². The molecule has 19 aromatic rings. The van der Waals surface area contributed by atoms with Crippen LogP contribution in [0, 0.1) is 0 Å². The van der Waals surface area contributed by atoms with Crippen molar-refractivity contribution in [1.82, 2.24) is 9.13 Å². The number of benzene rings is 17. The molecule has 2 aliphatic rings. The Bertz CT molecular complexity index is 6120. The smallest absolute Gasteiger partial charge is 0.252 e. The molecule has 0 radical (unpaired) electrons. The molecule has 0 spiro atoms. The molecule has 0 atom stereocenters. The molecule has 5 nitrogen and oxygen atoms in total. The summed E-state index contributed by atoms with van der Waals surface area (Å²) in [7, 11) is 0. The molecular formula is C106H72BN5. The van der Waals surface area contributed by atoms with Crippen molar-refractivity contribution in [3.05, 3.63) is 437 Å². The summed E-state index contributed by atoms with van der Waals surface area (Å²) >= 11 is 0. The van der Waals surface area contributed by atoms with Gasteiger partial charge in [0.1, 0.15) is 0 Å². The van der Waals surface area contributed by atoms with E-state index < -0.39 is 0 Å². The summed E-state index contributed by atoms with van der Waals surface area (Å²) in [5.74, 6) is 0. The molecule has 112 heavy (non-hydrogen) atoms. The van der Waals surface area contributed by atoms with Gasteiger partial charge in [-0.2, -0.15) is 0 Å². The topological polar surface area (TPSA) is 19.6 Å². The molecule has 0 N–H and O–H groups in total. The fourth-order valence-electron chi connectivity index (χ4n) is 17.6. The Kier molecular flexibility index (Phi) is 16.3. The summed E-state index contributed by atoms with van der Waals surface area (Å²) in [6.45, 7) is -0.285. The first-order valence-electron chi connectivity index (χ1n) is 38.6. The van der Waals surface area contributed by atoms with Crippen LogP contribution in [0.4, 0.5) is 51.2 Å². The van der Waals surface area contributed by atoms with Crippen LogP contribution in [-0.4, -0.2) is 15.8 Å². The predicted molar refractivity (Wildman–Crippen MR) is 472 cm³/mol. The summed E-state index contributed by atoms with van der Waals surface area (Å²) in [4.78, 5) is 7.66. The molecule has 0 unspecified atom stereocenters. The molecular weight excluding hydrogens is 1350 g/mol. The summed E-state index contributed by atoms with van der Waals surface area (Å²) in [5, 5.41) is 4.73. The van der Waals surface area contributed by atoms with E-state index in [0.29, 0.717) is 0 Å². The third-order valence-electron chi connectivity index (χ3n) is 22.7. The Balaban J connectivity index is 0.888. The van der Waals surface area contributed by atoms with Gasteiger partial charge < -0.3 is 23.8 Å². The van der Waals surface area contributed by atoms with Gasteiger partial charge in [-0.15, -0.1) is 0 Å². The highest BCUT2D eigenvalue weighted by molar-refractivity contribution is 7.00. The average Bonchev–Trinajstić information content (AvgIpc) is 0.798. The lowest BCUT2D eigenvalue weighted by Crippen LogP contribution is -2.61. The van der Waals surface area contributed by atoms with Crippen LogP contribution in [0.2, 0.25) is 0 Å². The normalized spacial score (nSPS) is 12.1. The van der Waals surface area contributed by atoms with Crippen molar-refractivity contribution < 1.29 is 0 Å². The van der Waals surface area contributed by atoms with E-state index in [0.717, 1.165) is 152 Å². The Hall–Kier alpha value is -14.7. The summed E-state index contributed by atoms with van der Waals surface area (Å²) in [6, 6.07) is 161. The van der Waals surface area contributed by atoms with Gasteiger partial charge in [-0.3, -0.25) is 0 Å². The maximum absolute atomic E-state index is 2.59. The lowest BCUT2D eigenvalue weighted by molar-refractivity contribution is 1.10. The molecule has 21 rings (SSSR count). The van der Waals surface area contributed by atoms with Crippen molar-refractivity contribution >= 4 is 95.8 Å². The van der Waals surface area contributed by atoms with E-state index in [9.17, 15) is 0 Å². The minimum absolute atomic E-state index is 0.285. The maximum Gasteiger partial charge on any atom is 0.252 e. The summed E-state index contributed by atoms with van der Waals surface area (Å²) in [6.07, 6.45) is 0. The minimum atomic E-state index is -0.285. The van der Waals surface area contributed by atoms with Crippen LogP contribution >= 0.6 is 0 Å². The van der Waals surface area contributed by atoms with Gasteiger partial charge in [-0.1, -0.05) is 352 Å². The van der Waals surface area contributed by atoms with Crippen LogP contribution in [0.1, 0.15) is 0 Å². The molecule has 0 aliphatic carbocycles. The molecule has 2 aliphatic heterocycles. The fraction of sp³-hybridized carbons (Fsp3) is 0. The highest BCUT2D eigenvalue weighted by Gasteiger charge is 2.45. The van der Waals surface area contributed by atoms with Gasteiger partial charge in [-0.05, 0) is 168 Å². The first-order valence-corrected chi connectivity index (χ1v) is 38.6. The summed E-state index contributed by atoms with van der Waals surface area (Å²) < 4.78 is 5.09. The van der Waals surface area contributed by atoms with Gasteiger partial charge in [0, 0.05) is 78.4 Å². The van der Waals surface area contributed by atoms with E-state index in [1.165, 1.54) is 37.9 Å². The molecule has 6 heteroatoms. The van der Waals surface area contributed by atoms with Crippen molar-refractivity contribution in [2.45, 2.75) is 0 Å². The quantitative estimate of drug-likeness (QED) is 0.0954. The van der Waals surface area contributed by atoms with Crippen LogP contribution in [-0.2, 0) is 0 Å². The lowest BCUT2D eigenvalue weighted by Gasteiger charge is -2.45. The van der Waals surface area contributed by atoms with E-state index >= 15 is 0 Å². The van der Waals surface area contributed by atoms with Gasteiger partial charge in [0.15, 0.2) is 0 Å². The van der Waals surface area contributed by atoms with Crippen LogP contribution in [0.15, 0.2) is 437 Å². The van der Waals surface area contributed by atoms with Crippen molar-refractivity contribution in [2.75, 3.05) is 14.7 Å². The van der Waals surface area contributed by atoms with Gasteiger partial charge in [-0.25, -0.2) is 0 Å². The SMILES string of the molecule is c1ccc(-c2ccc(N(c3ccc(-c4ccccc4)cc3)c3cc4c5c(c3)N(c3ccc(-c6ccccc6)cc3)c3cc(-n6c(-c7ccccc7)c7ccccc7c6-c6ccccc6)ccc3B5c3ccc(-n5c(-c6ccccc6)c6ccccc6c5-c5ccccc5)cc3N4c3ccc(-c4ccccc4)cc3)cc2)cc1.